The summed E-state index contributed by atoms with van der Waals surface area (Å²) in [5, 5.41) is 4.84. The molecular formula is C17H17ClN4O2S. The normalized spacial score (nSPS) is 11.6. The number of halogens is 1. The van der Waals surface area contributed by atoms with Crippen LogP contribution < -0.4 is 4.72 Å². The number of hydrogen-bond donors (Lipinski definition) is 1. The van der Waals surface area contributed by atoms with E-state index in [1.54, 1.807) is 41.3 Å². The van der Waals surface area contributed by atoms with Crippen LogP contribution in [0.1, 0.15) is 5.56 Å². The predicted molar refractivity (Wildman–Crippen MR) is 97.5 cm³/mol. The zero-order valence-electron chi connectivity index (χ0n) is 13.3. The van der Waals surface area contributed by atoms with Crippen molar-refractivity contribution in [1.29, 1.82) is 0 Å². The van der Waals surface area contributed by atoms with Crippen LogP contribution in [0.25, 0.3) is 11.4 Å². The number of nitrogens with one attached hydrogen (secondary N) is 1. The number of hydrogen-bond acceptors (Lipinski definition) is 4. The largest absolute Gasteiger partial charge is 0.271 e. The summed E-state index contributed by atoms with van der Waals surface area (Å²) < 4.78 is 28.6. The maximum absolute atomic E-state index is 12.2. The first-order chi connectivity index (χ1) is 12.0. The summed E-state index contributed by atoms with van der Waals surface area (Å²) in [4.78, 5) is 4.24. The lowest BCUT2D eigenvalue weighted by atomic mass is 10.2. The Kier molecular flexibility index (Phi) is 5.47. The van der Waals surface area contributed by atoms with Gasteiger partial charge >= 0.3 is 0 Å². The van der Waals surface area contributed by atoms with Crippen LogP contribution in [0.4, 0.5) is 0 Å². The van der Waals surface area contributed by atoms with Gasteiger partial charge in [0.15, 0.2) is 0 Å². The third-order valence-corrected chi connectivity index (χ3v) is 5.24. The molecule has 130 valence electrons. The monoisotopic (exact) mass is 376 g/mol. The van der Waals surface area contributed by atoms with Gasteiger partial charge in [0, 0.05) is 24.0 Å². The van der Waals surface area contributed by atoms with Gasteiger partial charge in [-0.2, -0.15) is 5.10 Å². The first kappa shape index (κ1) is 17.6. The zero-order valence-corrected chi connectivity index (χ0v) is 14.9. The van der Waals surface area contributed by atoms with Crippen molar-refractivity contribution in [3.8, 4) is 11.4 Å². The molecule has 8 heteroatoms. The van der Waals surface area contributed by atoms with E-state index in [1.807, 2.05) is 24.3 Å². The van der Waals surface area contributed by atoms with E-state index in [1.165, 1.54) is 0 Å². The molecule has 2 aromatic heterocycles. The minimum atomic E-state index is -3.46. The van der Waals surface area contributed by atoms with E-state index in [9.17, 15) is 8.42 Å². The summed E-state index contributed by atoms with van der Waals surface area (Å²) in [7, 11) is -3.46. The molecule has 0 aliphatic carbocycles. The fourth-order valence-corrected chi connectivity index (χ4v) is 3.77. The Balaban J connectivity index is 1.56. The van der Waals surface area contributed by atoms with Gasteiger partial charge in [-0.05, 0) is 29.8 Å². The van der Waals surface area contributed by atoms with Crippen LogP contribution in [0.15, 0.2) is 60.9 Å². The highest BCUT2D eigenvalue weighted by atomic mass is 35.5. The molecule has 0 bridgehead atoms. The molecule has 0 spiro atoms. The van der Waals surface area contributed by atoms with Gasteiger partial charge in [0.1, 0.15) is 5.69 Å². The van der Waals surface area contributed by atoms with Crippen LogP contribution in [0.3, 0.4) is 0 Å². The van der Waals surface area contributed by atoms with Gasteiger partial charge in [-0.25, -0.2) is 13.1 Å². The summed E-state index contributed by atoms with van der Waals surface area (Å²) in [5.41, 5.74) is 2.10. The van der Waals surface area contributed by atoms with Crippen molar-refractivity contribution >= 4 is 21.6 Å². The molecule has 0 amide bonds. The van der Waals surface area contributed by atoms with Crippen LogP contribution >= 0.6 is 11.6 Å². The van der Waals surface area contributed by atoms with Crippen molar-refractivity contribution < 1.29 is 8.42 Å². The molecule has 0 unspecified atom stereocenters. The average Bonchev–Trinajstić information content (AvgIpc) is 3.06. The second-order valence-corrected chi connectivity index (χ2v) is 7.64. The lowest BCUT2D eigenvalue weighted by Gasteiger charge is -2.08. The van der Waals surface area contributed by atoms with Gasteiger partial charge < -0.3 is 0 Å². The van der Waals surface area contributed by atoms with Crippen LogP contribution in [-0.4, -0.2) is 29.7 Å². The first-order valence-corrected chi connectivity index (χ1v) is 9.72. The summed E-state index contributed by atoms with van der Waals surface area (Å²) in [6, 6.07) is 14.4. The molecule has 2 heterocycles. The molecule has 0 saturated carbocycles. The molecule has 0 fully saturated rings. The van der Waals surface area contributed by atoms with Crippen LogP contribution in [0, 0.1) is 0 Å². The van der Waals surface area contributed by atoms with Gasteiger partial charge in [0.05, 0.1) is 18.0 Å². The Morgan fingerprint density at radius 3 is 2.60 bits per heavy atom. The Morgan fingerprint density at radius 1 is 1.04 bits per heavy atom. The topological polar surface area (TPSA) is 76.9 Å². The van der Waals surface area contributed by atoms with Gasteiger partial charge in [-0.1, -0.05) is 35.9 Å². The fraction of sp³-hybridized carbons (Fsp3) is 0.176. The lowest BCUT2D eigenvalue weighted by Crippen LogP contribution is -2.28. The lowest BCUT2D eigenvalue weighted by molar-refractivity contribution is 0.560. The van der Waals surface area contributed by atoms with Gasteiger partial charge in [-0.3, -0.25) is 9.67 Å². The van der Waals surface area contributed by atoms with E-state index in [0.717, 1.165) is 11.4 Å². The molecule has 6 nitrogen and oxygen atoms in total. The van der Waals surface area contributed by atoms with Crippen molar-refractivity contribution in [2.75, 3.05) is 6.54 Å². The third kappa shape index (κ3) is 4.88. The summed E-state index contributed by atoms with van der Waals surface area (Å²) in [6.45, 7) is 0.671. The summed E-state index contributed by atoms with van der Waals surface area (Å²) in [6.07, 6.45) is 3.50. The summed E-state index contributed by atoms with van der Waals surface area (Å²) >= 11 is 6.01. The molecule has 1 aromatic carbocycles. The average molecular weight is 377 g/mol. The Bertz CT molecular complexity index is 942. The maximum Gasteiger partial charge on any atom is 0.215 e. The Labute approximate surface area is 151 Å². The van der Waals surface area contributed by atoms with Crippen molar-refractivity contribution in [1.82, 2.24) is 19.5 Å². The molecule has 3 aromatic rings. The molecule has 0 saturated heterocycles. The smallest absolute Gasteiger partial charge is 0.215 e. The van der Waals surface area contributed by atoms with Crippen molar-refractivity contribution in [2.24, 2.45) is 0 Å². The van der Waals surface area contributed by atoms with E-state index < -0.39 is 10.0 Å². The van der Waals surface area contributed by atoms with Crippen LogP contribution in [-0.2, 0) is 22.3 Å². The van der Waals surface area contributed by atoms with Crippen LogP contribution in [0.5, 0.6) is 0 Å². The van der Waals surface area contributed by atoms with E-state index in [2.05, 4.69) is 14.8 Å². The zero-order chi connectivity index (χ0) is 17.7. The number of benzene rings is 1. The maximum atomic E-state index is 12.2. The quantitative estimate of drug-likeness (QED) is 0.687. The minimum absolute atomic E-state index is 0.148. The molecule has 0 aliphatic rings. The number of pyridine rings is 1. The molecule has 1 N–H and O–H groups in total. The Morgan fingerprint density at radius 2 is 1.84 bits per heavy atom. The SMILES string of the molecule is O=S(=O)(Cc1ccccc1Cl)NCCn1ccc(-c2ccccn2)n1. The van der Waals surface area contributed by atoms with Crippen molar-refractivity contribution in [3.63, 3.8) is 0 Å². The number of sulfonamides is 1. The summed E-state index contributed by atoms with van der Waals surface area (Å²) in [5.74, 6) is -0.148. The number of nitrogens with zero attached hydrogens (tertiary/aromatic N) is 3. The Hall–Kier alpha value is -2.22. The molecule has 3 rings (SSSR count). The van der Waals surface area contributed by atoms with E-state index in [4.69, 9.17) is 11.6 Å². The standard InChI is InChI=1S/C17H17ClN4O2S/c18-15-6-2-1-5-14(15)13-25(23,24)20-10-12-22-11-8-17(21-22)16-7-3-4-9-19-16/h1-9,11,20H,10,12-13H2. The fourth-order valence-electron chi connectivity index (χ4n) is 2.32. The van der Waals surface area contributed by atoms with E-state index >= 15 is 0 Å². The highest BCUT2D eigenvalue weighted by molar-refractivity contribution is 7.88. The molecular weight excluding hydrogens is 360 g/mol. The highest BCUT2D eigenvalue weighted by Crippen LogP contribution is 2.17. The number of rotatable bonds is 7. The molecule has 0 radical (unpaired) electrons. The molecule has 0 atom stereocenters. The number of aromatic nitrogens is 3. The molecule has 25 heavy (non-hydrogen) atoms. The molecule has 0 aliphatic heterocycles. The minimum Gasteiger partial charge on any atom is -0.271 e. The first-order valence-electron chi connectivity index (χ1n) is 7.69. The van der Waals surface area contributed by atoms with Gasteiger partial charge in [-0.15, -0.1) is 0 Å². The van der Waals surface area contributed by atoms with Crippen molar-refractivity contribution in [3.05, 3.63) is 71.5 Å². The van der Waals surface area contributed by atoms with Gasteiger partial charge in [0.25, 0.3) is 0 Å². The second-order valence-electron chi connectivity index (χ2n) is 5.42. The predicted octanol–water partition coefficient (Wildman–Crippen LogP) is 2.72. The van der Waals surface area contributed by atoms with E-state index in [-0.39, 0.29) is 12.3 Å². The van der Waals surface area contributed by atoms with Crippen LogP contribution in [0.2, 0.25) is 5.02 Å². The third-order valence-electron chi connectivity index (χ3n) is 3.53. The highest BCUT2D eigenvalue weighted by Gasteiger charge is 2.13. The van der Waals surface area contributed by atoms with Gasteiger partial charge in [0.2, 0.25) is 10.0 Å². The second kappa shape index (κ2) is 7.77. The van der Waals surface area contributed by atoms with Crippen molar-refractivity contribution in [2.45, 2.75) is 12.3 Å². The van der Waals surface area contributed by atoms with E-state index in [0.29, 0.717) is 17.1 Å².